The molecule has 7 heteroatoms. The Bertz CT molecular complexity index is 976. The molecule has 1 fully saturated rings. The molecule has 1 amide bonds. The van der Waals surface area contributed by atoms with Crippen LogP contribution in [0.5, 0.6) is 0 Å². The Labute approximate surface area is 163 Å². The molecule has 1 unspecified atom stereocenters. The number of rotatable bonds is 3. The van der Waals surface area contributed by atoms with Crippen LogP contribution in [0.1, 0.15) is 41.2 Å². The number of amides is 1. The molecule has 3 heterocycles. The second-order valence-corrected chi connectivity index (χ2v) is 7.31. The molecule has 1 aromatic carbocycles. The number of nitrogens with zero attached hydrogens (tertiary/aromatic N) is 3. The van der Waals surface area contributed by atoms with Crippen molar-refractivity contribution in [3.05, 3.63) is 52.8 Å². The summed E-state index contributed by atoms with van der Waals surface area (Å²) in [5.41, 5.74) is 3.58. The summed E-state index contributed by atoms with van der Waals surface area (Å²) in [5, 5.41) is 6.78. The van der Waals surface area contributed by atoms with Crippen LogP contribution in [0.15, 0.2) is 36.5 Å². The molecule has 0 bridgehead atoms. The number of aryl methyl sites for hydroxylation is 1. The summed E-state index contributed by atoms with van der Waals surface area (Å²) in [6.45, 7) is 3.97. The molecule has 4 rings (SSSR count). The minimum atomic E-state index is -0.241. The van der Waals surface area contributed by atoms with Gasteiger partial charge in [-0.1, -0.05) is 30.2 Å². The number of anilines is 1. The number of para-hydroxylation sites is 1. The lowest BCUT2D eigenvalue weighted by molar-refractivity contribution is 0.102. The van der Waals surface area contributed by atoms with E-state index in [1.165, 1.54) is 12.6 Å². The van der Waals surface area contributed by atoms with Gasteiger partial charge in [-0.05, 0) is 50.1 Å². The topological polar surface area (TPSA) is 71.8 Å². The molecule has 2 N–H and O–H groups in total. The smallest absolute Gasteiger partial charge is 0.258 e. The molecule has 2 aromatic heterocycles. The number of carbonyl (C=O) groups excluding carboxylic acids is 1. The number of benzene rings is 1. The molecular formula is C20H22ClN5O. The third-order valence-electron chi connectivity index (χ3n) is 5.01. The van der Waals surface area contributed by atoms with E-state index in [-0.39, 0.29) is 11.9 Å². The van der Waals surface area contributed by atoms with Crippen LogP contribution in [0.25, 0.3) is 11.0 Å². The van der Waals surface area contributed by atoms with Gasteiger partial charge in [0.1, 0.15) is 5.15 Å². The summed E-state index contributed by atoms with van der Waals surface area (Å²) in [6, 6.07) is 9.51. The third-order valence-corrected chi connectivity index (χ3v) is 5.22. The van der Waals surface area contributed by atoms with Crippen LogP contribution in [-0.2, 0) is 0 Å². The number of fused-ring (bicyclic) bond motifs is 1. The number of halogens is 1. The van der Waals surface area contributed by atoms with Crippen LogP contribution in [0, 0.1) is 6.92 Å². The Hall–Kier alpha value is -2.44. The molecule has 3 aromatic rings. The highest BCUT2D eigenvalue weighted by atomic mass is 35.5. The Morgan fingerprint density at radius 2 is 2.22 bits per heavy atom. The monoisotopic (exact) mass is 383 g/mol. The predicted molar refractivity (Wildman–Crippen MR) is 107 cm³/mol. The van der Waals surface area contributed by atoms with Gasteiger partial charge in [0, 0.05) is 24.3 Å². The number of imidazole rings is 1. The van der Waals surface area contributed by atoms with E-state index in [0.29, 0.717) is 16.7 Å². The van der Waals surface area contributed by atoms with Crippen molar-refractivity contribution in [2.45, 2.75) is 32.2 Å². The molecule has 1 aliphatic rings. The van der Waals surface area contributed by atoms with Crippen molar-refractivity contribution in [1.29, 1.82) is 0 Å². The van der Waals surface area contributed by atoms with Gasteiger partial charge >= 0.3 is 0 Å². The Kier molecular flexibility index (Phi) is 5.09. The highest BCUT2D eigenvalue weighted by molar-refractivity contribution is 6.29. The van der Waals surface area contributed by atoms with Crippen molar-refractivity contribution >= 4 is 34.5 Å². The second kappa shape index (κ2) is 7.66. The maximum atomic E-state index is 12.8. The standard InChI is InChI=1S/C20H22ClN5O/c1-13-5-4-7-16-18(13)26(15-6-2-3-9-22-12-15)20(24-16)25-19(27)14-8-10-23-17(21)11-14/h4-5,7-8,10-11,15,22H,2-3,6,9,12H2,1H3,(H,24,25,27). The Morgan fingerprint density at radius 3 is 3.07 bits per heavy atom. The maximum Gasteiger partial charge on any atom is 0.258 e. The number of nitrogens with one attached hydrogen (secondary N) is 2. The van der Waals surface area contributed by atoms with Crippen molar-refractivity contribution in [3.63, 3.8) is 0 Å². The zero-order chi connectivity index (χ0) is 18.8. The van der Waals surface area contributed by atoms with Crippen LogP contribution >= 0.6 is 11.6 Å². The molecule has 27 heavy (non-hydrogen) atoms. The van der Waals surface area contributed by atoms with E-state index >= 15 is 0 Å². The summed E-state index contributed by atoms with van der Waals surface area (Å²) >= 11 is 5.93. The van der Waals surface area contributed by atoms with Gasteiger partial charge in [0.2, 0.25) is 5.95 Å². The average molecular weight is 384 g/mol. The minimum absolute atomic E-state index is 0.241. The Morgan fingerprint density at radius 1 is 1.33 bits per heavy atom. The second-order valence-electron chi connectivity index (χ2n) is 6.92. The number of carbonyl (C=O) groups is 1. The lowest BCUT2D eigenvalue weighted by Gasteiger charge is -2.21. The molecule has 0 aliphatic carbocycles. The largest absolute Gasteiger partial charge is 0.315 e. The van der Waals surface area contributed by atoms with Gasteiger partial charge in [-0.15, -0.1) is 0 Å². The van der Waals surface area contributed by atoms with Crippen LogP contribution in [0.3, 0.4) is 0 Å². The van der Waals surface area contributed by atoms with Gasteiger partial charge in [-0.3, -0.25) is 10.1 Å². The van der Waals surface area contributed by atoms with E-state index in [0.717, 1.165) is 42.5 Å². The number of aromatic nitrogens is 3. The van der Waals surface area contributed by atoms with Gasteiger partial charge in [0.15, 0.2) is 0 Å². The molecule has 1 atom stereocenters. The van der Waals surface area contributed by atoms with Crippen molar-refractivity contribution < 1.29 is 4.79 Å². The first kappa shape index (κ1) is 17.9. The van der Waals surface area contributed by atoms with Gasteiger partial charge < -0.3 is 9.88 Å². The molecule has 0 saturated carbocycles. The first-order chi connectivity index (χ1) is 13.1. The van der Waals surface area contributed by atoms with Crippen molar-refractivity contribution in [3.8, 4) is 0 Å². The van der Waals surface area contributed by atoms with Crippen LogP contribution in [0.2, 0.25) is 5.15 Å². The quantitative estimate of drug-likeness (QED) is 0.671. The van der Waals surface area contributed by atoms with Crippen molar-refractivity contribution in [1.82, 2.24) is 19.9 Å². The van der Waals surface area contributed by atoms with Crippen molar-refractivity contribution in [2.75, 3.05) is 18.4 Å². The maximum absolute atomic E-state index is 12.8. The molecule has 0 spiro atoms. The molecule has 1 aliphatic heterocycles. The molecule has 0 radical (unpaired) electrons. The lowest BCUT2D eigenvalue weighted by Crippen LogP contribution is -2.25. The molecule has 1 saturated heterocycles. The molecule has 140 valence electrons. The fourth-order valence-electron chi connectivity index (χ4n) is 3.70. The number of pyridine rings is 1. The number of hydrogen-bond acceptors (Lipinski definition) is 4. The van der Waals surface area contributed by atoms with E-state index in [9.17, 15) is 4.79 Å². The van der Waals surface area contributed by atoms with E-state index in [2.05, 4.69) is 33.2 Å². The van der Waals surface area contributed by atoms with Crippen LogP contribution < -0.4 is 10.6 Å². The summed E-state index contributed by atoms with van der Waals surface area (Å²) in [4.78, 5) is 21.4. The lowest BCUT2D eigenvalue weighted by atomic mass is 10.1. The van der Waals surface area contributed by atoms with E-state index in [4.69, 9.17) is 16.6 Å². The average Bonchev–Trinajstić information content (AvgIpc) is 2.83. The van der Waals surface area contributed by atoms with E-state index < -0.39 is 0 Å². The minimum Gasteiger partial charge on any atom is -0.315 e. The van der Waals surface area contributed by atoms with Gasteiger partial charge in [-0.25, -0.2) is 9.97 Å². The first-order valence-electron chi connectivity index (χ1n) is 9.24. The van der Waals surface area contributed by atoms with E-state index in [1.54, 1.807) is 12.1 Å². The van der Waals surface area contributed by atoms with Gasteiger partial charge in [-0.2, -0.15) is 0 Å². The highest BCUT2D eigenvalue weighted by Crippen LogP contribution is 2.30. The number of hydrogen-bond donors (Lipinski definition) is 2. The summed E-state index contributed by atoms with van der Waals surface area (Å²) in [6.07, 6.45) is 4.90. The normalized spacial score (nSPS) is 17.6. The highest BCUT2D eigenvalue weighted by Gasteiger charge is 2.23. The van der Waals surface area contributed by atoms with Gasteiger partial charge in [0.05, 0.1) is 11.0 Å². The fraction of sp³-hybridized carbons (Fsp3) is 0.350. The first-order valence-corrected chi connectivity index (χ1v) is 9.62. The van der Waals surface area contributed by atoms with Gasteiger partial charge in [0.25, 0.3) is 5.91 Å². The predicted octanol–water partition coefficient (Wildman–Crippen LogP) is 3.96. The fourth-order valence-corrected chi connectivity index (χ4v) is 3.88. The Balaban J connectivity index is 1.76. The molecular weight excluding hydrogens is 362 g/mol. The zero-order valence-corrected chi connectivity index (χ0v) is 16.0. The summed E-state index contributed by atoms with van der Waals surface area (Å²) in [7, 11) is 0. The zero-order valence-electron chi connectivity index (χ0n) is 15.2. The van der Waals surface area contributed by atoms with Crippen LogP contribution in [-0.4, -0.2) is 33.5 Å². The van der Waals surface area contributed by atoms with E-state index in [1.807, 2.05) is 12.1 Å². The molecule has 6 nitrogen and oxygen atoms in total. The van der Waals surface area contributed by atoms with Crippen molar-refractivity contribution in [2.24, 2.45) is 0 Å². The van der Waals surface area contributed by atoms with Crippen LogP contribution in [0.4, 0.5) is 5.95 Å². The summed E-state index contributed by atoms with van der Waals surface area (Å²) < 4.78 is 2.18. The SMILES string of the molecule is Cc1cccc2nc(NC(=O)c3ccnc(Cl)c3)n(C3CCCCNC3)c12. The summed E-state index contributed by atoms with van der Waals surface area (Å²) in [5.74, 6) is 0.334. The third kappa shape index (κ3) is 3.68.